The van der Waals surface area contributed by atoms with Gasteiger partial charge in [-0.15, -0.1) is 0 Å². The summed E-state index contributed by atoms with van der Waals surface area (Å²) in [6, 6.07) is 21.1. The molecule has 8 nitrogen and oxygen atoms in total. The molecule has 0 fully saturated rings. The largest absolute Gasteiger partial charge is 0.348 e. The molecule has 1 aliphatic carbocycles. The average molecular weight is 629 g/mol. The van der Waals surface area contributed by atoms with E-state index in [-0.39, 0.29) is 33.6 Å². The third kappa shape index (κ3) is 6.94. The molecule has 0 saturated heterocycles. The van der Waals surface area contributed by atoms with Crippen LogP contribution in [-0.2, 0) is 19.5 Å². The number of para-hydroxylation sites is 2. The van der Waals surface area contributed by atoms with Gasteiger partial charge in [0.15, 0.2) is 0 Å². The number of hydrogen-bond donors (Lipinski definition) is 3. The topological polar surface area (TPSA) is 98.8 Å². The number of carbonyl (C=O) groups excluding carboxylic acids is 1. The van der Waals surface area contributed by atoms with Gasteiger partial charge in [-0.05, 0) is 61.1 Å². The number of amides is 1. The zero-order valence-corrected chi connectivity index (χ0v) is 26.1. The second-order valence-corrected chi connectivity index (χ2v) is 12.0. The maximum atomic E-state index is 12.7. The van der Waals surface area contributed by atoms with Gasteiger partial charge in [-0.2, -0.15) is 0 Å². The van der Waals surface area contributed by atoms with Crippen LogP contribution in [0.15, 0.2) is 79.3 Å². The number of pyridine rings is 2. The highest BCUT2D eigenvalue weighted by molar-refractivity contribution is 6.39. The first kappa shape index (κ1) is 30.2. The molecule has 3 aromatic heterocycles. The fourth-order valence-corrected chi connectivity index (χ4v) is 6.42. The van der Waals surface area contributed by atoms with Crippen molar-refractivity contribution in [2.24, 2.45) is 0 Å². The molecular formula is C34H35Cl2N7O. The van der Waals surface area contributed by atoms with Crippen LogP contribution in [0.3, 0.4) is 0 Å². The number of halogens is 2. The van der Waals surface area contributed by atoms with E-state index in [9.17, 15) is 4.79 Å². The van der Waals surface area contributed by atoms with E-state index in [1.807, 2.05) is 30.5 Å². The Bertz CT molecular complexity index is 1690. The first-order chi connectivity index (χ1) is 21.5. The van der Waals surface area contributed by atoms with Crippen LogP contribution in [0.1, 0.15) is 70.4 Å². The lowest BCUT2D eigenvalue weighted by atomic mass is 9.90. The van der Waals surface area contributed by atoms with Crippen molar-refractivity contribution in [3.05, 3.63) is 123 Å². The van der Waals surface area contributed by atoms with Crippen LogP contribution in [0, 0.1) is 0 Å². The fourth-order valence-electron chi connectivity index (χ4n) is 5.88. The Morgan fingerprint density at radius 3 is 2.61 bits per heavy atom. The summed E-state index contributed by atoms with van der Waals surface area (Å²) in [7, 11) is 0. The van der Waals surface area contributed by atoms with Crippen molar-refractivity contribution in [1.29, 1.82) is 0 Å². The second-order valence-electron chi connectivity index (χ2n) is 11.2. The number of fused-ring (bicyclic) bond motifs is 2. The van der Waals surface area contributed by atoms with E-state index >= 15 is 0 Å². The number of nitrogens with zero attached hydrogens (tertiary/aromatic N) is 4. The number of H-pyrrole nitrogens is 1. The molecule has 5 aromatic rings. The summed E-state index contributed by atoms with van der Waals surface area (Å²) in [5, 5.41) is 7.04. The smallest absolute Gasteiger partial charge is 0.254 e. The Balaban J connectivity index is 1.12. The lowest BCUT2D eigenvalue weighted by Gasteiger charge is -2.35. The van der Waals surface area contributed by atoms with Crippen molar-refractivity contribution in [3.63, 3.8) is 0 Å². The van der Waals surface area contributed by atoms with Gasteiger partial charge in [-0.3, -0.25) is 19.7 Å². The molecule has 0 spiro atoms. The zero-order chi connectivity index (χ0) is 30.5. The minimum absolute atomic E-state index is 0.0902. The van der Waals surface area contributed by atoms with Crippen LogP contribution < -0.4 is 10.6 Å². The lowest BCUT2D eigenvalue weighted by molar-refractivity contribution is 0.0951. The van der Waals surface area contributed by atoms with Crippen LogP contribution in [0.5, 0.6) is 0 Å². The highest BCUT2D eigenvalue weighted by Crippen LogP contribution is 2.33. The molecule has 2 aromatic carbocycles. The molecule has 3 N–H and O–H groups in total. The molecule has 2 unspecified atom stereocenters. The number of aryl methyl sites for hydroxylation is 1. The highest BCUT2D eigenvalue weighted by Gasteiger charge is 2.27. The number of imidazole rings is 1. The molecule has 6 rings (SSSR count). The number of rotatable bonds is 11. The molecule has 226 valence electrons. The monoisotopic (exact) mass is 627 g/mol. The number of hydrogen-bond acceptors (Lipinski definition) is 6. The van der Waals surface area contributed by atoms with Crippen molar-refractivity contribution >= 4 is 40.1 Å². The first-order valence-corrected chi connectivity index (χ1v) is 15.7. The average Bonchev–Trinajstić information content (AvgIpc) is 3.48. The summed E-state index contributed by atoms with van der Waals surface area (Å²) in [5.74, 6) is 0.615. The number of aromatic nitrogens is 4. The highest BCUT2D eigenvalue weighted by atomic mass is 35.5. The van der Waals surface area contributed by atoms with Crippen molar-refractivity contribution in [2.45, 2.75) is 51.4 Å². The van der Waals surface area contributed by atoms with Crippen LogP contribution in [-0.4, -0.2) is 43.8 Å². The lowest BCUT2D eigenvalue weighted by Crippen LogP contribution is -2.37. The van der Waals surface area contributed by atoms with Gasteiger partial charge in [-0.25, -0.2) is 4.98 Å². The van der Waals surface area contributed by atoms with Crippen molar-refractivity contribution < 1.29 is 4.79 Å². The van der Waals surface area contributed by atoms with Gasteiger partial charge in [0.05, 0.1) is 44.4 Å². The normalized spacial score (nSPS) is 15.3. The van der Waals surface area contributed by atoms with E-state index in [2.05, 4.69) is 68.8 Å². The fraction of sp³-hybridized carbons (Fsp3) is 0.294. The Morgan fingerprint density at radius 1 is 1.05 bits per heavy atom. The summed E-state index contributed by atoms with van der Waals surface area (Å²) < 4.78 is 0. The Hall–Kier alpha value is -3.82. The van der Waals surface area contributed by atoms with E-state index in [1.165, 1.54) is 29.2 Å². The van der Waals surface area contributed by atoms with E-state index in [0.29, 0.717) is 6.54 Å². The van der Waals surface area contributed by atoms with Gasteiger partial charge in [0.25, 0.3) is 5.91 Å². The molecule has 0 saturated carbocycles. The van der Waals surface area contributed by atoms with Gasteiger partial charge in [0.1, 0.15) is 5.82 Å². The van der Waals surface area contributed by atoms with Gasteiger partial charge >= 0.3 is 0 Å². The van der Waals surface area contributed by atoms with Crippen LogP contribution >= 0.6 is 23.2 Å². The molecule has 3 heterocycles. The SMILES string of the molecule is CC(NCCN(Cc1ccc(CNC(=O)c2c(Cl)cncc2Cl)cc1)C1CCCc2cccnc21)c1nc2ccccc2[nH]1. The number of aromatic amines is 1. The predicted molar refractivity (Wildman–Crippen MR) is 175 cm³/mol. The van der Waals surface area contributed by atoms with Gasteiger partial charge in [-0.1, -0.05) is 65.7 Å². The number of nitrogens with one attached hydrogen (secondary N) is 3. The summed E-state index contributed by atoms with van der Waals surface area (Å²) in [6.45, 7) is 4.96. The third-order valence-electron chi connectivity index (χ3n) is 8.22. The van der Waals surface area contributed by atoms with Crippen molar-refractivity contribution in [3.8, 4) is 0 Å². The van der Waals surface area contributed by atoms with E-state index < -0.39 is 0 Å². The van der Waals surface area contributed by atoms with E-state index in [0.717, 1.165) is 61.3 Å². The summed E-state index contributed by atoms with van der Waals surface area (Å²) >= 11 is 12.3. The Kier molecular flexibility index (Phi) is 9.52. The maximum Gasteiger partial charge on any atom is 0.254 e. The van der Waals surface area contributed by atoms with Crippen LogP contribution in [0.25, 0.3) is 11.0 Å². The second kappa shape index (κ2) is 13.9. The maximum absolute atomic E-state index is 12.7. The predicted octanol–water partition coefficient (Wildman–Crippen LogP) is 6.82. The first-order valence-electron chi connectivity index (χ1n) is 15.0. The summed E-state index contributed by atoms with van der Waals surface area (Å²) in [5.41, 5.74) is 7.00. The third-order valence-corrected chi connectivity index (χ3v) is 8.79. The van der Waals surface area contributed by atoms with Crippen molar-refractivity contribution in [1.82, 2.24) is 35.5 Å². The van der Waals surface area contributed by atoms with Crippen molar-refractivity contribution in [2.75, 3.05) is 13.1 Å². The quantitative estimate of drug-likeness (QED) is 0.149. The van der Waals surface area contributed by atoms with E-state index in [4.69, 9.17) is 33.2 Å². The number of benzene rings is 2. The van der Waals surface area contributed by atoms with Gasteiger partial charge in [0.2, 0.25) is 0 Å². The molecule has 10 heteroatoms. The van der Waals surface area contributed by atoms with Crippen LogP contribution in [0.2, 0.25) is 10.0 Å². The number of carbonyl (C=O) groups is 1. The molecule has 0 radical (unpaired) electrons. The van der Waals surface area contributed by atoms with Crippen LogP contribution in [0.4, 0.5) is 0 Å². The Labute approximate surface area is 267 Å². The molecule has 0 bridgehead atoms. The standard InChI is InChI=1S/C34H35Cl2N7O/c1-22(33-41-28-8-2-3-9-29(28)42-33)38-16-17-43(30-10-4-6-25-7-5-15-39-32(25)30)21-24-13-11-23(12-14-24)18-40-34(44)31-26(35)19-37-20-27(31)36/h2-3,5,7-9,11-15,19-20,22,30,38H,4,6,10,16-18,21H2,1H3,(H,40,44)(H,41,42). The van der Waals surface area contributed by atoms with E-state index in [1.54, 1.807) is 0 Å². The van der Waals surface area contributed by atoms with Gasteiger partial charge in [0, 0.05) is 44.8 Å². The molecule has 2 atom stereocenters. The Morgan fingerprint density at radius 2 is 1.82 bits per heavy atom. The molecule has 1 aliphatic rings. The minimum Gasteiger partial charge on any atom is -0.348 e. The zero-order valence-electron chi connectivity index (χ0n) is 24.6. The molecule has 1 amide bonds. The summed E-state index contributed by atoms with van der Waals surface area (Å²) in [6.07, 6.45) is 8.04. The minimum atomic E-state index is -0.328. The summed E-state index contributed by atoms with van der Waals surface area (Å²) in [4.78, 5) is 32.2. The molecular weight excluding hydrogens is 593 g/mol. The van der Waals surface area contributed by atoms with Gasteiger partial charge < -0.3 is 15.6 Å². The molecule has 0 aliphatic heterocycles. The molecule has 44 heavy (non-hydrogen) atoms.